The summed E-state index contributed by atoms with van der Waals surface area (Å²) in [6, 6.07) is 11.9. The third-order valence-corrected chi connectivity index (χ3v) is 6.22. The molecule has 4 rings (SSSR count). The molecule has 2 aromatic carbocycles. The van der Waals surface area contributed by atoms with Crippen molar-refractivity contribution in [2.75, 3.05) is 30.9 Å². The van der Waals surface area contributed by atoms with Gasteiger partial charge >= 0.3 is 6.09 Å². The second kappa shape index (κ2) is 6.27. The average Bonchev–Trinajstić information content (AvgIpc) is 3.04. The van der Waals surface area contributed by atoms with Crippen molar-refractivity contribution in [2.24, 2.45) is 0 Å². The number of amides is 1. The highest BCUT2D eigenvalue weighted by molar-refractivity contribution is 5.88. The summed E-state index contributed by atoms with van der Waals surface area (Å²) in [5.74, 6) is 0.585. The van der Waals surface area contributed by atoms with E-state index in [1.165, 1.54) is 11.3 Å². The number of carbonyl (C=O) groups is 1. The molecule has 1 amide bonds. The number of benzene rings is 2. The van der Waals surface area contributed by atoms with Crippen LogP contribution in [0.1, 0.15) is 30.0 Å². The monoisotopic (exact) mass is 365 g/mol. The van der Waals surface area contributed by atoms with Crippen LogP contribution in [0.4, 0.5) is 16.2 Å². The number of carbonyl (C=O) groups excluding carboxylic acids is 1. The van der Waals surface area contributed by atoms with Crippen molar-refractivity contribution < 1.29 is 9.53 Å². The van der Waals surface area contributed by atoms with Gasteiger partial charge in [-0.1, -0.05) is 25.1 Å². The number of rotatable bonds is 2. The zero-order valence-corrected chi connectivity index (χ0v) is 16.7. The first-order valence-corrected chi connectivity index (χ1v) is 9.44. The summed E-state index contributed by atoms with van der Waals surface area (Å²) < 4.78 is 5.63. The maximum atomic E-state index is 12.5. The zero-order chi connectivity index (χ0) is 19.3. The molecule has 0 radical (unpaired) electrons. The standard InChI is InChI=1S/C22H27N3O2/c1-14-7-6-8-15(2)19(14)23-21(26)27-16-9-10-18-17(13-16)22(3)11-12-24(4)20(22)25(18)5/h6-10,13,20H,11-12H2,1-5H3,(H,23,26)/t20-,22+/m1/s1. The minimum absolute atomic E-state index is 0.0568. The van der Waals surface area contributed by atoms with E-state index in [-0.39, 0.29) is 5.41 Å². The first-order valence-electron chi connectivity index (χ1n) is 9.44. The predicted molar refractivity (Wildman–Crippen MR) is 109 cm³/mol. The Hall–Kier alpha value is -2.53. The molecule has 2 aromatic rings. The fourth-order valence-corrected chi connectivity index (χ4v) is 4.86. The van der Waals surface area contributed by atoms with Crippen LogP contribution in [0.25, 0.3) is 0 Å². The summed E-state index contributed by atoms with van der Waals surface area (Å²) in [6.07, 6.45) is 0.999. The van der Waals surface area contributed by atoms with Crippen LogP contribution < -0.4 is 15.0 Å². The first kappa shape index (κ1) is 17.9. The normalized spacial score (nSPS) is 23.9. The lowest BCUT2D eigenvalue weighted by Crippen LogP contribution is -2.45. The Morgan fingerprint density at radius 2 is 1.89 bits per heavy atom. The first-order chi connectivity index (χ1) is 12.8. The van der Waals surface area contributed by atoms with E-state index in [1.54, 1.807) is 0 Å². The molecule has 1 saturated heterocycles. The predicted octanol–water partition coefficient (Wildman–Crippen LogP) is 4.28. The Morgan fingerprint density at radius 3 is 2.59 bits per heavy atom. The summed E-state index contributed by atoms with van der Waals surface area (Å²) in [5, 5.41) is 2.89. The van der Waals surface area contributed by atoms with Gasteiger partial charge in [-0.3, -0.25) is 10.2 Å². The number of nitrogens with one attached hydrogen (secondary N) is 1. The molecule has 5 nitrogen and oxygen atoms in total. The number of fused-ring (bicyclic) bond motifs is 3. The van der Waals surface area contributed by atoms with Gasteiger partial charge in [0.05, 0.1) is 6.17 Å². The topological polar surface area (TPSA) is 44.8 Å². The van der Waals surface area contributed by atoms with Crippen molar-refractivity contribution in [1.29, 1.82) is 0 Å². The summed E-state index contributed by atoms with van der Waals surface area (Å²) in [6.45, 7) is 7.34. The van der Waals surface area contributed by atoms with Crippen LogP contribution in [0.15, 0.2) is 36.4 Å². The van der Waals surface area contributed by atoms with E-state index in [0.29, 0.717) is 11.9 Å². The van der Waals surface area contributed by atoms with Crippen molar-refractivity contribution in [3.8, 4) is 5.75 Å². The van der Waals surface area contributed by atoms with Gasteiger partial charge in [-0.25, -0.2) is 4.79 Å². The third-order valence-electron chi connectivity index (χ3n) is 6.22. The molecule has 0 aromatic heterocycles. The Balaban J connectivity index is 1.57. The molecular weight excluding hydrogens is 338 g/mol. The lowest BCUT2D eigenvalue weighted by molar-refractivity contribution is 0.215. The molecule has 1 fully saturated rings. The Morgan fingerprint density at radius 1 is 1.19 bits per heavy atom. The highest BCUT2D eigenvalue weighted by Gasteiger charge is 2.52. The number of anilines is 2. The molecule has 0 aliphatic carbocycles. The fraction of sp³-hybridized carbons (Fsp3) is 0.409. The summed E-state index contributed by atoms with van der Waals surface area (Å²) in [5.41, 5.74) is 5.39. The van der Waals surface area contributed by atoms with Gasteiger partial charge in [-0.15, -0.1) is 0 Å². The van der Waals surface area contributed by atoms with Crippen molar-refractivity contribution in [2.45, 2.75) is 38.8 Å². The molecule has 2 heterocycles. The fourth-order valence-electron chi connectivity index (χ4n) is 4.86. The number of ether oxygens (including phenoxy) is 1. The van der Waals surface area contributed by atoms with Gasteiger partial charge in [0.2, 0.25) is 0 Å². The number of hydrogen-bond acceptors (Lipinski definition) is 4. The molecule has 0 saturated carbocycles. The third kappa shape index (κ3) is 2.77. The number of para-hydroxylation sites is 1. The van der Waals surface area contributed by atoms with Crippen molar-refractivity contribution in [3.63, 3.8) is 0 Å². The van der Waals surface area contributed by atoms with Gasteiger partial charge in [-0.05, 0) is 62.2 Å². The van der Waals surface area contributed by atoms with Crippen molar-refractivity contribution in [1.82, 2.24) is 4.90 Å². The van der Waals surface area contributed by atoms with Crippen molar-refractivity contribution in [3.05, 3.63) is 53.1 Å². The van der Waals surface area contributed by atoms with Gasteiger partial charge in [0.1, 0.15) is 5.75 Å². The van der Waals surface area contributed by atoms with E-state index in [4.69, 9.17) is 4.74 Å². The molecule has 0 bridgehead atoms. The van der Waals surface area contributed by atoms with Crippen LogP contribution in [-0.4, -0.2) is 37.8 Å². The van der Waals surface area contributed by atoms with Gasteiger partial charge in [0, 0.05) is 30.4 Å². The van der Waals surface area contributed by atoms with Gasteiger partial charge in [0.25, 0.3) is 0 Å². The van der Waals surface area contributed by atoms with Crippen LogP contribution in [0, 0.1) is 13.8 Å². The van der Waals surface area contributed by atoms with Gasteiger partial charge in [0.15, 0.2) is 0 Å². The largest absolute Gasteiger partial charge is 0.417 e. The number of likely N-dealkylation sites (N-methyl/N-ethyl adjacent to an activating group) is 2. The molecule has 1 N–H and O–H groups in total. The molecule has 0 spiro atoms. The molecular formula is C22H27N3O2. The molecule has 27 heavy (non-hydrogen) atoms. The smallest absolute Gasteiger partial charge is 0.410 e. The van der Waals surface area contributed by atoms with Gasteiger partial charge in [-0.2, -0.15) is 0 Å². The maximum absolute atomic E-state index is 12.5. The van der Waals surface area contributed by atoms with E-state index in [0.717, 1.165) is 29.8 Å². The van der Waals surface area contributed by atoms with Crippen LogP contribution in [0.3, 0.4) is 0 Å². The molecule has 2 atom stereocenters. The Labute approximate surface area is 160 Å². The number of nitrogens with zero attached hydrogens (tertiary/aromatic N) is 2. The van der Waals surface area contributed by atoms with E-state index < -0.39 is 6.09 Å². The molecule has 142 valence electrons. The van der Waals surface area contributed by atoms with E-state index in [9.17, 15) is 4.79 Å². The number of likely N-dealkylation sites (tertiary alicyclic amines) is 1. The maximum Gasteiger partial charge on any atom is 0.417 e. The van der Waals surface area contributed by atoms with Crippen LogP contribution in [0.2, 0.25) is 0 Å². The van der Waals surface area contributed by atoms with Crippen LogP contribution in [-0.2, 0) is 5.41 Å². The lowest BCUT2D eigenvalue weighted by atomic mass is 9.81. The van der Waals surface area contributed by atoms with Crippen LogP contribution >= 0.6 is 0 Å². The van der Waals surface area contributed by atoms with Crippen molar-refractivity contribution >= 4 is 17.5 Å². The lowest BCUT2D eigenvalue weighted by Gasteiger charge is -2.32. The molecule has 5 heteroatoms. The quantitative estimate of drug-likeness (QED) is 0.863. The van der Waals surface area contributed by atoms with E-state index in [1.807, 2.05) is 44.2 Å². The van der Waals surface area contributed by atoms with Crippen LogP contribution in [0.5, 0.6) is 5.75 Å². The molecule has 2 aliphatic rings. The highest BCUT2D eigenvalue weighted by Crippen LogP contribution is 2.51. The highest BCUT2D eigenvalue weighted by atomic mass is 16.6. The van der Waals surface area contributed by atoms with Gasteiger partial charge < -0.3 is 9.64 Å². The summed E-state index contributed by atoms with van der Waals surface area (Å²) >= 11 is 0. The average molecular weight is 365 g/mol. The minimum Gasteiger partial charge on any atom is -0.410 e. The summed E-state index contributed by atoms with van der Waals surface area (Å²) in [7, 11) is 4.32. The van der Waals surface area contributed by atoms with E-state index in [2.05, 4.69) is 42.2 Å². The second-order valence-electron chi connectivity index (χ2n) is 8.09. The van der Waals surface area contributed by atoms with E-state index >= 15 is 0 Å². The number of hydrogen-bond donors (Lipinski definition) is 1. The second-order valence-corrected chi connectivity index (χ2v) is 8.09. The molecule has 0 unspecified atom stereocenters. The zero-order valence-electron chi connectivity index (χ0n) is 16.7. The summed E-state index contributed by atoms with van der Waals surface area (Å²) in [4.78, 5) is 17.2. The molecule has 2 aliphatic heterocycles. The Bertz CT molecular complexity index is 890. The SMILES string of the molecule is Cc1cccc(C)c1NC(=O)Oc1ccc2c(c1)[C@]1(C)CCN(C)[C@@H]1N2C. The number of aryl methyl sites for hydroxylation is 2. The minimum atomic E-state index is -0.455. The Kier molecular flexibility index (Phi) is 4.15.